The van der Waals surface area contributed by atoms with E-state index in [1.165, 1.54) is 0 Å². The Bertz CT molecular complexity index is 610. The molecular weight excluding hydrogens is 282 g/mol. The summed E-state index contributed by atoms with van der Waals surface area (Å²) in [5.41, 5.74) is 2.80. The Balaban J connectivity index is 2.17. The summed E-state index contributed by atoms with van der Waals surface area (Å²) in [6.45, 7) is 4.03. The Morgan fingerprint density at radius 2 is 1.90 bits per heavy atom. The van der Waals surface area contributed by atoms with E-state index in [1.54, 1.807) is 6.07 Å². The lowest BCUT2D eigenvalue weighted by molar-refractivity contribution is -0.117. The summed E-state index contributed by atoms with van der Waals surface area (Å²) in [7, 11) is 0. The quantitative estimate of drug-likeness (QED) is 0.811. The number of rotatable bonds is 5. The second kappa shape index (κ2) is 7.28. The van der Waals surface area contributed by atoms with E-state index in [0.29, 0.717) is 5.02 Å². The zero-order valence-electron chi connectivity index (χ0n) is 12.4. The predicted molar refractivity (Wildman–Crippen MR) is 88.9 cm³/mol. The summed E-state index contributed by atoms with van der Waals surface area (Å²) in [5.74, 6) is -0.112. The Labute approximate surface area is 131 Å². The molecule has 0 bridgehead atoms. The van der Waals surface area contributed by atoms with E-state index >= 15 is 0 Å². The van der Waals surface area contributed by atoms with Crippen LogP contribution in [-0.2, 0) is 4.79 Å². The third kappa shape index (κ3) is 4.08. The molecule has 2 nitrogen and oxygen atoms in total. The largest absolute Gasteiger partial charge is 0.326 e. The van der Waals surface area contributed by atoms with Gasteiger partial charge in [-0.3, -0.25) is 4.79 Å². The van der Waals surface area contributed by atoms with Crippen molar-refractivity contribution in [3.8, 4) is 0 Å². The molecule has 0 aliphatic carbocycles. The van der Waals surface area contributed by atoms with Crippen LogP contribution in [0.15, 0.2) is 48.5 Å². The molecule has 21 heavy (non-hydrogen) atoms. The topological polar surface area (TPSA) is 29.1 Å². The lowest BCUT2D eigenvalue weighted by Crippen LogP contribution is -2.21. The van der Waals surface area contributed by atoms with Gasteiger partial charge in [0.15, 0.2) is 0 Å². The van der Waals surface area contributed by atoms with Gasteiger partial charge in [0.2, 0.25) is 5.91 Å². The fourth-order valence-electron chi connectivity index (χ4n) is 2.32. The predicted octanol–water partition coefficient (Wildman–Crippen LogP) is 5.17. The lowest BCUT2D eigenvalue weighted by atomic mass is 9.93. The molecule has 0 fully saturated rings. The molecule has 0 saturated carbocycles. The molecule has 0 aliphatic rings. The molecule has 1 N–H and O–H groups in total. The van der Waals surface area contributed by atoms with Gasteiger partial charge in [-0.05, 0) is 36.6 Å². The first-order chi connectivity index (χ1) is 10.1. The Kier molecular flexibility index (Phi) is 5.40. The number of hydrogen-bond acceptors (Lipinski definition) is 1. The number of halogens is 1. The minimum atomic E-state index is -0.128. The number of carbonyl (C=O) groups is 1. The van der Waals surface area contributed by atoms with Crippen molar-refractivity contribution in [2.45, 2.75) is 32.6 Å². The van der Waals surface area contributed by atoms with Gasteiger partial charge in [0, 0.05) is 10.7 Å². The van der Waals surface area contributed by atoms with E-state index in [1.807, 2.05) is 49.4 Å². The number of aryl methyl sites for hydroxylation is 1. The number of nitrogens with one attached hydrogen (secondary N) is 1. The van der Waals surface area contributed by atoms with Gasteiger partial charge in [0.25, 0.3) is 0 Å². The monoisotopic (exact) mass is 301 g/mol. The standard InChI is InChI=1S/C18H20ClNO/c1-3-7-16(14-8-5-4-6-9-14)18(21)20-15-11-10-13(2)17(19)12-15/h4-6,8-12,16H,3,7H2,1-2H3,(H,20,21)/t16-/m0/s1. The van der Waals surface area contributed by atoms with Crippen LogP contribution in [0.4, 0.5) is 5.69 Å². The van der Waals surface area contributed by atoms with Crippen LogP contribution in [0.2, 0.25) is 5.02 Å². The third-order valence-electron chi connectivity index (χ3n) is 3.54. The summed E-state index contributed by atoms with van der Waals surface area (Å²) in [4.78, 5) is 12.5. The van der Waals surface area contributed by atoms with Crippen molar-refractivity contribution >= 4 is 23.2 Å². The Hall–Kier alpha value is -1.80. The highest BCUT2D eigenvalue weighted by Crippen LogP contribution is 2.25. The summed E-state index contributed by atoms with van der Waals surface area (Å²) in [6, 6.07) is 15.5. The molecule has 0 aromatic heterocycles. The summed E-state index contributed by atoms with van der Waals surface area (Å²) in [6.07, 6.45) is 1.79. The number of carbonyl (C=O) groups excluding carboxylic acids is 1. The molecule has 110 valence electrons. The summed E-state index contributed by atoms with van der Waals surface area (Å²) >= 11 is 6.10. The molecule has 0 radical (unpaired) electrons. The van der Waals surface area contributed by atoms with E-state index in [9.17, 15) is 4.79 Å². The molecule has 2 aromatic rings. The van der Waals surface area contributed by atoms with Crippen LogP contribution in [0, 0.1) is 6.92 Å². The summed E-state index contributed by atoms with van der Waals surface area (Å²) < 4.78 is 0. The van der Waals surface area contributed by atoms with Gasteiger partial charge in [0.05, 0.1) is 5.92 Å². The smallest absolute Gasteiger partial charge is 0.231 e. The Morgan fingerprint density at radius 3 is 2.52 bits per heavy atom. The molecule has 2 aromatic carbocycles. The van der Waals surface area contributed by atoms with Crippen LogP contribution < -0.4 is 5.32 Å². The van der Waals surface area contributed by atoms with Crippen molar-refractivity contribution in [3.05, 3.63) is 64.7 Å². The van der Waals surface area contributed by atoms with E-state index in [0.717, 1.165) is 29.7 Å². The van der Waals surface area contributed by atoms with Crippen molar-refractivity contribution < 1.29 is 4.79 Å². The fraction of sp³-hybridized carbons (Fsp3) is 0.278. The van der Waals surface area contributed by atoms with Gasteiger partial charge in [0.1, 0.15) is 0 Å². The Morgan fingerprint density at radius 1 is 1.19 bits per heavy atom. The maximum absolute atomic E-state index is 12.5. The number of anilines is 1. The molecule has 1 amide bonds. The molecule has 0 saturated heterocycles. The van der Waals surface area contributed by atoms with Crippen molar-refractivity contribution in [1.82, 2.24) is 0 Å². The minimum absolute atomic E-state index is 0.0166. The van der Waals surface area contributed by atoms with Gasteiger partial charge in [-0.2, -0.15) is 0 Å². The SMILES string of the molecule is CCC[C@H](C(=O)Nc1ccc(C)c(Cl)c1)c1ccccc1. The number of benzene rings is 2. The average Bonchev–Trinajstić information content (AvgIpc) is 2.49. The zero-order valence-corrected chi connectivity index (χ0v) is 13.2. The van der Waals surface area contributed by atoms with Gasteiger partial charge in [-0.15, -0.1) is 0 Å². The first-order valence-electron chi connectivity index (χ1n) is 7.23. The molecule has 0 unspecified atom stereocenters. The van der Waals surface area contributed by atoms with Crippen LogP contribution in [-0.4, -0.2) is 5.91 Å². The van der Waals surface area contributed by atoms with Crippen molar-refractivity contribution in [2.75, 3.05) is 5.32 Å². The van der Waals surface area contributed by atoms with Gasteiger partial charge in [-0.1, -0.05) is 61.3 Å². The van der Waals surface area contributed by atoms with E-state index in [2.05, 4.69) is 12.2 Å². The number of amides is 1. The summed E-state index contributed by atoms with van der Waals surface area (Å²) in [5, 5.41) is 3.64. The van der Waals surface area contributed by atoms with Crippen molar-refractivity contribution in [2.24, 2.45) is 0 Å². The van der Waals surface area contributed by atoms with Crippen LogP contribution >= 0.6 is 11.6 Å². The zero-order chi connectivity index (χ0) is 15.2. The second-order valence-corrected chi connectivity index (χ2v) is 5.61. The van der Waals surface area contributed by atoms with E-state index in [-0.39, 0.29) is 11.8 Å². The van der Waals surface area contributed by atoms with Crippen LogP contribution in [0.25, 0.3) is 0 Å². The molecular formula is C18H20ClNO. The normalized spacial score (nSPS) is 12.0. The maximum atomic E-state index is 12.5. The third-order valence-corrected chi connectivity index (χ3v) is 3.94. The maximum Gasteiger partial charge on any atom is 0.231 e. The van der Waals surface area contributed by atoms with E-state index in [4.69, 9.17) is 11.6 Å². The first kappa shape index (κ1) is 15.6. The van der Waals surface area contributed by atoms with Crippen LogP contribution in [0.5, 0.6) is 0 Å². The van der Waals surface area contributed by atoms with E-state index < -0.39 is 0 Å². The average molecular weight is 302 g/mol. The number of hydrogen-bond donors (Lipinski definition) is 1. The van der Waals surface area contributed by atoms with Crippen LogP contribution in [0.1, 0.15) is 36.8 Å². The lowest BCUT2D eigenvalue weighted by Gasteiger charge is -2.17. The highest BCUT2D eigenvalue weighted by Gasteiger charge is 2.19. The molecule has 0 spiro atoms. The fourth-order valence-corrected chi connectivity index (χ4v) is 2.50. The van der Waals surface area contributed by atoms with Gasteiger partial charge in [-0.25, -0.2) is 0 Å². The highest BCUT2D eigenvalue weighted by molar-refractivity contribution is 6.31. The van der Waals surface area contributed by atoms with Crippen molar-refractivity contribution in [3.63, 3.8) is 0 Å². The highest BCUT2D eigenvalue weighted by atomic mass is 35.5. The van der Waals surface area contributed by atoms with Gasteiger partial charge >= 0.3 is 0 Å². The van der Waals surface area contributed by atoms with Gasteiger partial charge < -0.3 is 5.32 Å². The first-order valence-corrected chi connectivity index (χ1v) is 7.61. The van der Waals surface area contributed by atoms with Crippen LogP contribution in [0.3, 0.4) is 0 Å². The second-order valence-electron chi connectivity index (χ2n) is 5.21. The van der Waals surface area contributed by atoms with Crippen molar-refractivity contribution in [1.29, 1.82) is 0 Å². The molecule has 0 aliphatic heterocycles. The molecule has 3 heteroatoms. The minimum Gasteiger partial charge on any atom is -0.326 e. The molecule has 1 atom stereocenters. The molecule has 2 rings (SSSR count). The molecule has 0 heterocycles.